The van der Waals surface area contributed by atoms with Gasteiger partial charge in [0.1, 0.15) is 5.75 Å². The van der Waals surface area contributed by atoms with Gasteiger partial charge in [0.2, 0.25) is 0 Å². The molecule has 0 aliphatic carbocycles. The van der Waals surface area contributed by atoms with Gasteiger partial charge in [0.15, 0.2) is 0 Å². The van der Waals surface area contributed by atoms with Crippen LogP contribution in [0.4, 0.5) is 0 Å². The van der Waals surface area contributed by atoms with Gasteiger partial charge in [-0.05, 0) is 42.8 Å². The largest absolute Gasteiger partial charge is 0.497 e. The highest BCUT2D eigenvalue weighted by atomic mass is 32.2. The summed E-state index contributed by atoms with van der Waals surface area (Å²) in [6.07, 6.45) is 2.42. The lowest BCUT2D eigenvalue weighted by molar-refractivity contribution is 0.414. The Morgan fingerprint density at radius 2 is 1.89 bits per heavy atom. The first-order valence-electron chi connectivity index (χ1n) is 6.76. The minimum Gasteiger partial charge on any atom is -0.497 e. The van der Waals surface area contributed by atoms with Crippen molar-refractivity contribution in [2.24, 2.45) is 0 Å². The molecule has 0 saturated heterocycles. The lowest BCUT2D eigenvalue weighted by Crippen LogP contribution is -2.24. The molecule has 0 heterocycles. The van der Waals surface area contributed by atoms with E-state index < -0.39 is 0 Å². The van der Waals surface area contributed by atoms with Gasteiger partial charge in [-0.15, -0.1) is 0 Å². The summed E-state index contributed by atoms with van der Waals surface area (Å²) in [6.45, 7) is 5.51. The molecule has 1 N–H and O–H groups in total. The van der Waals surface area contributed by atoms with Crippen molar-refractivity contribution >= 4 is 11.8 Å². The minimum atomic E-state index is 0.451. The fourth-order valence-electron chi connectivity index (χ4n) is 1.77. The highest BCUT2D eigenvalue weighted by molar-refractivity contribution is 7.99. The van der Waals surface area contributed by atoms with Crippen LogP contribution in [0.2, 0.25) is 0 Å². The fourth-order valence-corrected chi connectivity index (χ4v) is 2.77. The van der Waals surface area contributed by atoms with E-state index in [0.29, 0.717) is 6.04 Å². The minimum absolute atomic E-state index is 0.451. The lowest BCUT2D eigenvalue weighted by Gasteiger charge is -2.19. The van der Waals surface area contributed by atoms with E-state index in [1.54, 1.807) is 7.11 Å². The van der Waals surface area contributed by atoms with Gasteiger partial charge in [0.05, 0.1) is 7.11 Å². The molecular weight excluding hydrogens is 242 g/mol. The summed E-state index contributed by atoms with van der Waals surface area (Å²) >= 11 is 2.02. The number of methoxy groups -OCH3 is 1. The Bertz CT molecular complexity index is 313. The number of hydrogen-bond donors (Lipinski definition) is 1. The van der Waals surface area contributed by atoms with E-state index in [1.165, 1.54) is 24.2 Å². The Labute approximate surface area is 116 Å². The molecule has 18 heavy (non-hydrogen) atoms. The second-order valence-electron chi connectivity index (χ2n) is 4.35. The quantitative estimate of drug-likeness (QED) is 0.686. The van der Waals surface area contributed by atoms with E-state index in [2.05, 4.69) is 31.3 Å². The molecule has 1 unspecified atom stereocenters. The molecule has 102 valence electrons. The topological polar surface area (TPSA) is 21.3 Å². The highest BCUT2D eigenvalue weighted by Crippen LogP contribution is 2.21. The molecule has 0 aliphatic rings. The Morgan fingerprint density at radius 3 is 2.44 bits per heavy atom. The molecule has 0 amide bonds. The van der Waals surface area contributed by atoms with Crippen LogP contribution >= 0.6 is 11.8 Å². The average molecular weight is 267 g/mol. The molecule has 1 aromatic carbocycles. The Morgan fingerprint density at radius 1 is 1.17 bits per heavy atom. The van der Waals surface area contributed by atoms with Gasteiger partial charge in [0.25, 0.3) is 0 Å². The summed E-state index contributed by atoms with van der Waals surface area (Å²) in [4.78, 5) is 0. The molecule has 3 heteroatoms. The van der Waals surface area contributed by atoms with Crippen molar-refractivity contribution in [3.63, 3.8) is 0 Å². The van der Waals surface area contributed by atoms with Crippen molar-refractivity contribution in [2.45, 2.75) is 32.7 Å². The monoisotopic (exact) mass is 267 g/mol. The summed E-state index contributed by atoms with van der Waals surface area (Å²) in [5.41, 5.74) is 1.35. The number of hydrogen-bond acceptors (Lipinski definition) is 3. The number of nitrogens with one attached hydrogen (secondary N) is 1. The van der Waals surface area contributed by atoms with Crippen LogP contribution in [0.3, 0.4) is 0 Å². The molecule has 1 rings (SSSR count). The summed E-state index contributed by atoms with van der Waals surface area (Å²) in [7, 11) is 1.71. The van der Waals surface area contributed by atoms with Crippen LogP contribution in [0.25, 0.3) is 0 Å². The third-order valence-electron chi connectivity index (χ3n) is 2.79. The number of rotatable bonds is 9. The first kappa shape index (κ1) is 15.4. The van der Waals surface area contributed by atoms with Crippen LogP contribution < -0.4 is 10.1 Å². The van der Waals surface area contributed by atoms with Gasteiger partial charge in [-0.25, -0.2) is 0 Å². The Balaban J connectivity index is 2.60. The molecule has 1 atom stereocenters. The zero-order valence-electron chi connectivity index (χ0n) is 11.7. The summed E-state index contributed by atoms with van der Waals surface area (Å²) in [6, 6.07) is 8.87. The molecule has 0 radical (unpaired) electrons. The Hall–Kier alpha value is -0.670. The fraction of sp³-hybridized carbons (Fsp3) is 0.600. The van der Waals surface area contributed by atoms with Crippen molar-refractivity contribution in [1.29, 1.82) is 0 Å². The average Bonchev–Trinajstić information content (AvgIpc) is 2.43. The van der Waals surface area contributed by atoms with Crippen molar-refractivity contribution in [1.82, 2.24) is 5.32 Å². The third-order valence-corrected chi connectivity index (χ3v) is 4.06. The van der Waals surface area contributed by atoms with Crippen LogP contribution in [-0.2, 0) is 0 Å². The second kappa shape index (κ2) is 9.29. The maximum atomic E-state index is 5.20. The van der Waals surface area contributed by atoms with Gasteiger partial charge >= 0.3 is 0 Å². The van der Waals surface area contributed by atoms with Crippen LogP contribution in [0.1, 0.15) is 38.3 Å². The van der Waals surface area contributed by atoms with E-state index in [4.69, 9.17) is 4.74 Å². The van der Waals surface area contributed by atoms with Gasteiger partial charge in [0, 0.05) is 11.8 Å². The molecule has 0 aliphatic heterocycles. The van der Waals surface area contributed by atoms with Gasteiger partial charge in [-0.2, -0.15) is 11.8 Å². The third kappa shape index (κ3) is 5.32. The smallest absolute Gasteiger partial charge is 0.118 e. The van der Waals surface area contributed by atoms with Crippen molar-refractivity contribution in [3.05, 3.63) is 29.8 Å². The molecule has 0 bridgehead atoms. The van der Waals surface area contributed by atoms with Crippen LogP contribution in [-0.4, -0.2) is 25.2 Å². The number of thioether (sulfide) groups is 1. The summed E-state index contributed by atoms with van der Waals surface area (Å²) in [5.74, 6) is 3.30. The molecule has 0 aromatic heterocycles. The Kier molecular flexibility index (Phi) is 7.94. The summed E-state index contributed by atoms with van der Waals surface area (Å²) in [5, 5.41) is 3.62. The molecule has 0 spiro atoms. The van der Waals surface area contributed by atoms with E-state index in [1.807, 2.05) is 23.9 Å². The molecule has 0 fully saturated rings. The van der Waals surface area contributed by atoms with E-state index in [0.717, 1.165) is 18.0 Å². The predicted molar refractivity (Wildman–Crippen MR) is 81.6 cm³/mol. The maximum Gasteiger partial charge on any atom is 0.118 e. The van der Waals surface area contributed by atoms with E-state index in [-0.39, 0.29) is 0 Å². The highest BCUT2D eigenvalue weighted by Gasteiger charge is 2.10. The van der Waals surface area contributed by atoms with Crippen molar-refractivity contribution in [2.75, 3.05) is 25.2 Å². The van der Waals surface area contributed by atoms with Gasteiger partial charge in [-0.1, -0.05) is 26.0 Å². The van der Waals surface area contributed by atoms with Crippen molar-refractivity contribution < 1.29 is 4.74 Å². The maximum absolute atomic E-state index is 5.20. The first-order chi connectivity index (χ1) is 8.81. The number of benzene rings is 1. The zero-order chi connectivity index (χ0) is 13.2. The standard InChI is InChI=1S/C15H25NOS/c1-4-10-16-15(12-18-11-5-2)13-6-8-14(17-3)9-7-13/h6-9,15-16H,4-5,10-12H2,1-3H3. The predicted octanol–water partition coefficient (Wildman–Crippen LogP) is 3.88. The second-order valence-corrected chi connectivity index (χ2v) is 5.50. The van der Waals surface area contributed by atoms with Crippen molar-refractivity contribution in [3.8, 4) is 5.75 Å². The van der Waals surface area contributed by atoms with E-state index in [9.17, 15) is 0 Å². The molecule has 2 nitrogen and oxygen atoms in total. The first-order valence-corrected chi connectivity index (χ1v) is 7.92. The van der Waals surface area contributed by atoms with Gasteiger partial charge in [-0.3, -0.25) is 0 Å². The van der Waals surface area contributed by atoms with E-state index >= 15 is 0 Å². The molecule has 1 aromatic rings. The zero-order valence-corrected chi connectivity index (χ0v) is 12.6. The SMILES string of the molecule is CCCNC(CSCCC)c1ccc(OC)cc1. The van der Waals surface area contributed by atoms with Crippen LogP contribution in [0, 0.1) is 0 Å². The normalized spacial score (nSPS) is 12.4. The lowest BCUT2D eigenvalue weighted by atomic mass is 10.1. The van der Waals surface area contributed by atoms with Crippen LogP contribution in [0.5, 0.6) is 5.75 Å². The summed E-state index contributed by atoms with van der Waals surface area (Å²) < 4.78 is 5.20. The molecule has 0 saturated carbocycles. The molecular formula is C15H25NOS. The number of ether oxygens (including phenoxy) is 1. The van der Waals surface area contributed by atoms with Crippen LogP contribution in [0.15, 0.2) is 24.3 Å². The van der Waals surface area contributed by atoms with Gasteiger partial charge < -0.3 is 10.1 Å².